The molecule has 1 aromatic carbocycles. The minimum absolute atomic E-state index is 0.556. The molecular formula is C13H16ClNS. The van der Waals surface area contributed by atoms with Gasteiger partial charge in [-0.2, -0.15) is 0 Å². The molecule has 3 heteroatoms. The molecule has 1 nitrogen and oxygen atoms in total. The molecule has 0 unspecified atom stereocenters. The normalized spacial score (nSPS) is 17.1. The van der Waals surface area contributed by atoms with Crippen molar-refractivity contribution in [1.29, 1.82) is 0 Å². The van der Waals surface area contributed by atoms with Crippen LogP contribution in [-0.2, 0) is 0 Å². The lowest BCUT2D eigenvalue weighted by molar-refractivity contribution is 0.415. The minimum atomic E-state index is 0.556. The Morgan fingerprint density at radius 3 is 2.69 bits per heavy atom. The maximum absolute atomic E-state index is 5.94. The van der Waals surface area contributed by atoms with Crippen LogP contribution in [0.3, 0.4) is 0 Å². The summed E-state index contributed by atoms with van der Waals surface area (Å²) in [5.41, 5.74) is 1.02. The number of thiocarbonyl (C=S) groups is 1. The van der Waals surface area contributed by atoms with Gasteiger partial charge in [0.15, 0.2) is 0 Å². The topological polar surface area (TPSA) is 12.0 Å². The number of benzene rings is 1. The number of hydrogen-bond acceptors (Lipinski definition) is 1. The van der Waals surface area contributed by atoms with E-state index in [0.29, 0.717) is 6.04 Å². The van der Waals surface area contributed by atoms with E-state index in [1.807, 2.05) is 24.3 Å². The largest absolute Gasteiger partial charge is 0.373 e. The summed E-state index contributed by atoms with van der Waals surface area (Å²) in [5.74, 6) is 0. The lowest BCUT2D eigenvalue weighted by Crippen LogP contribution is -2.35. The third-order valence-electron chi connectivity index (χ3n) is 3.03. The lowest BCUT2D eigenvalue weighted by atomic mass is 9.95. The van der Waals surface area contributed by atoms with Gasteiger partial charge < -0.3 is 5.32 Å². The third-order valence-corrected chi connectivity index (χ3v) is 3.62. The summed E-state index contributed by atoms with van der Waals surface area (Å²) in [4.78, 5) is 0.828. The summed E-state index contributed by atoms with van der Waals surface area (Å²) >= 11 is 11.3. The van der Waals surface area contributed by atoms with E-state index in [4.69, 9.17) is 23.8 Å². The average molecular weight is 254 g/mol. The molecule has 1 aromatic rings. The molecule has 1 N–H and O–H groups in total. The minimum Gasteiger partial charge on any atom is -0.373 e. The average Bonchev–Trinajstić information content (AvgIpc) is 2.30. The quantitative estimate of drug-likeness (QED) is 0.802. The van der Waals surface area contributed by atoms with E-state index >= 15 is 0 Å². The van der Waals surface area contributed by atoms with Gasteiger partial charge in [0.05, 0.1) is 0 Å². The van der Waals surface area contributed by atoms with Crippen LogP contribution >= 0.6 is 23.8 Å². The van der Waals surface area contributed by atoms with E-state index < -0.39 is 0 Å². The van der Waals surface area contributed by atoms with Crippen molar-refractivity contribution < 1.29 is 0 Å². The third kappa shape index (κ3) is 3.19. The van der Waals surface area contributed by atoms with Gasteiger partial charge in [-0.25, -0.2) is 0 Å². The van der Waals surface area contributed by atoms with Crippen molar-refractivity contribution in [2.75, 3.05) is 0 Å². The maximum Gasteiger partial charge on any atom is 0.106 e. The van der Waals surface area contributed by atoms with E-state index in [9.17, 15) is 0 Å². The van der Waals surface area contributed by atoms with Crippen LogP contribution in [0.1, 0.15) is 37.7 Å². The second-order valence-corrected chi connectivity index (χ2v) is 5.16. The highest BCUT2D eigenvalue weighted by molar-refractivity contribution is 7.80. The van der Waals surface area contributed by atoms with Gasteiger partial charge >= 0.3 is 0 Å². The highest BCUT2D eigenvalue weighted by Crippen LogP contribution is 2.18. The zero-order chi connectivity index (χ0) is 11.4. The van der Waals surface area contributed by atoms with Crippen LogP contribution < -0.4 is 5.32 Å². The fourth-order valence-corrected chi connectivity index (χ4v) is 2.63. The summed E-state index contributed by atoms with van der Waals surface area (Å²) in [7, 11) is 0. The van der Waals surface area contributed by atoms with Gasteiger partial charge in [0.25, 0.3) is 0 Å². The zero-order valence-corrected chi connectivity index (χ0v) is 10.8. The fourth-order valence-electron chi connectivity index (χ4n) is 2.15. The first-order chi connectivity index (χ1) is 7.75. The Morgan fingerprint density at radius 2 is 2.00 bits per heavy atom. The zero-order valence-electron chi connectivity index (χ0n) is 9.21. The molecule has 0 amide bonds. The lowest BCUT2D eigenvalue weighted by Gasteiger charge is -2.24. The van der Waals surface area contributed by atoms with Gasteiger partial charge in [0.2, 0.25) is 0 Å². The Balaban J connectivity index is 1.97. The standard InChI is InChI=1S/C13H16ClNS/c14-11-6-4-5-10(9-11)13(16)15-12-7-2-1-3-8-12/h4-6,9,12H,1-3,7-8H2,(H,15,16). The van der Waals surface area contributed by atoms with E-state index in [-0.39, 0.29) is 0 Å². The Morgan fingerprint density at radius 1 is 1.25 bits per heavy atom. The van der Waals surface area contributed by atoms with Crippen molar-refractivity contribution in [3.8, 4) is 0 Å². The van der Waals surface area contributed by atoms with E-state index in [0.717, 1.165) is 15.6 Å². The van der Waals surface area contributed by atoms with Gasteiger partial charge in [-0.3, -0.25) is 0 Å². The van der Waals surface area contributed by atoms with Crippen LogP contribution in [0.15, 0.2) is 24.3 Å². The molecule has 0 heterocycles. The molecule has 0 radical (unpaired) electrons. The molecule has 86 valence electrons. The fraction of sp³-hybridized carbons (Fsp3) is 0.462. The molecule has 0 bridgehead atoms. The summed E-state index contributed by atoms with van der Waals surface area (Å²) in [6.45, 7) is 0. The Kier molecular flexibility index (Phi) is 4.19. The second-order valence-electron chi connectivity index (χ2n) is 4.32. The van der Waals surface area contributed by atoms with E-state index in [1.165, 1.54) is 32.1 Å². The van der Waals surface area contributed by atoms with Gasteiger partial charge in [0.1, 0.15) is 4.99 Å². The number of halogens is 1. The Bertz CT molecular complexity index is 372. The molecule has 1 saturated carbocycles. The van der Waals surface area contributed by atoms with E-state index in [2.05, 4.69) is 5.32 Å². The monoisotopic (exact) mass is 253 g/mol. The van der Waals surface area contributed by atoms with Crippen LogP contribution in [0.2, 0.25) is 5.02 Å². The Labute approximate surface area is 107 Å². The molecule has 0 saturated heterocycles. The number of nitrogens with one attached hydrogen (secondary N) is 1. The van der Waals surface area contributed by atoms with Gasteiger partial charge in [-0.1, -0.05) is 55.2 Å². The highest BCUT2D eigenvalue weighted by atomic mass is 35.5. The van der Waals surface area contributed by atoms with Crippen molar-refractivity contribution in [3.63, 3.8) is 0 Å². The molecule has 16 heavy (non-hydrogen) atoms. The summed E-state index contributed by atoms with van der Waals surface area (Å²) < 4.78 is 0. The van der Waals surface area contributed by atoms with Gasteiger partial charge in [-0.15, -0.1) is 0 Å². The molecule has 1 fully saturated rings. The first-order valence-corrected chi connectivity index (χ1v) is 6.61. The predicted octanol–water partition coefficient (Wildman–Crippen LogP) is 3.94. The van der Waals surface area contributed by atoms with Crippen LogP contribution in [0.5, 0.6) is 0 Å². The molecule has 1 aliphatic rings. The van der Waals surface area contributed by atoms with Crippen LogP contribution in [-0.4, -0.2) is 11.0 Å². The van der Waals surface area contributed by atoms with Crippen molar-refractivity contribution in [2.24, 2.45) is 0 Å². The van der Waals surface area contributed by atoms with Crippen LogP contribution in [0.4, 0.5) is 0 Å². The maximum atomic E-state index is 5.94. The molecular weight excluding hydrogens is 238 g/mol. The molecule has 1 aliphatic carbocycles. The highest BCUT2D eigenvalue weighted by Gasteiger charge is 2.14. The van der Waals surface area contributed by atoms with Crippen molar-refractivity contribution in [2.45, 2.75) is 38.1 Å². The first kappa shape index (κ1) is 11.9. The summed E-state index contributed by atoms with van der Waals surface area (Å²) in [5, 5.41) is 4.18. The van der Waals surface area contributed by atoms with Crippen LogP contribution in [0, 0.1) is 0 Å². The van der Waals surface area contributed by atoms with Crippen molar-refractivity contribution >= 4 is 28.8 Å². The van der Waals surface area contributed by atoms with Crippen molar-refractivity contribution in [3.05, 3.63) is 34.9 Å². The molecule has 2 rings (SSSR count). The number of hydrogen-bond donors (Lipinski definition) is 1. The van der Waals surface area contributed by atoms with E-state index in [1.54, 1.807) is 0 Å². The van der Waals surface area contributed by atoms with Gasteiger partial charge in [0, 0.05) is 16.6 Å². The predicted molar refractivity (Wildman–Crippen MR) is 73.2 cm³/mol. The second kappa shape index (κ2) is 5.65. The molecule has 0 aromatic heterocycles. The number of rotatable bonds is 2. The molecule has 0 spiro atoms. The SMILES string of the molecule is S=C(NC1CCCCC1)c1cccc(Cl)c1. The molecule has 0 aliphatic heterocycles. The summed E-state index contributed by atoms with van der Waals surface area (Å²) in [6.07, 6.45) is 6.47. The molecule has 0 atom stereocenters. The van der Waals surface area contributed by atoms with Crippen LogP contribution in [0.25, 0.3) is 0 Å². The van der Waals surface area contributed by atoms with Crippen molar-refractivity contribution in [1.82, 2.24) is 5.32 Å². The summed E-state index contributed by atoms with van der Waals surface area (Å²) in [6, 6.07) is 8.28. The van der Waals surface area contributed by atoms with Gasteiger partial charge in [-0.05, 0) is 25.0 Å². The smallest absolute Gasteiger partial charge is 0.106 e. The Hall–Kier alpha value is -0.600. The first-order valence-electron chi connectivity index (χ1n) is 5.82.